The highest BCUT2D eigenvalue weighted by Gasteiger charge is 2.25. The van der Waals surface area contributed by atoms with Crippen molar-refractivity contribution in [2.45, 2.75) is 12.8 Å². The van der Waals surface area contributed by atoms with Gasteiger partial charge in [-0.25, -0.2) is 4.98 Å². The smallest absolute Gasteiger partial charge is 0.153 e. The molecule has 1 aromatic heterocycles. The van der Waals surface area contributed by atoms with Crippen LogP contribution < -0.4 is 5.32 Å². The number of carbonyl (C=O) groups is 1. The molecular formula is C11H11BrN2O. The number of nitrogens with zero attached hydrogens (tertiary/aromatic N) is 1. The average molecular weight is 267 g/mol. The van der Waals surface area contributed by atoms with Gasteiger partial charge in [0.15, 0.2) is 6.29 Å². The predicted molar refractivity (Wildman–Crippen MR) is 62.8 cm³/mol. The molecule has 0 aromatic carbocycles. The molecule has 0 amide bonds. The van der Waals surface area contributed by atoms with Gasteiger partial charge in [0.2, 0.25) is 0 Å². The average Bonchev–Trinajstić information content (AvgIpc) is 3.04. The molecule has 0 spiro atoms. The van der Waals surface area contributed by atoms with E-state index in [0.29, 0.717) is 17.3 Å². The summed E-state index contributed by atoms with van der Waals surface area (Å²) >= 11 is 3.27. The molecule has 0 unspecified atom stereocenters. The van der Waals surface area contributed by atoms with Gasteiger partial charge >= 0.3 is 0 Å². The largest absolute Gasteiger partial charge is 0.344 e. The molecular weight excluding hydrogens is 256 g/mol. The van der Waals surface area contributed by atoms with E-state index in [4.69, 9.17) is 0 Å². The first-order valence-electron chi connectivity index (χ1n) is 4.77. The number of allylic oxidation sites excluding steroid dienone is 1. The molecule has 15 heavy (non-hydrogen) atoms. The summed E-state index contributed by atoms with van der Waals surface area (Å²) < 4.78 is 0.798. The van der Waals surface area contributed by atoms with Crippen molar-refractivity contribution in [1.29, 1.82) is 0 Å². The minimum atomic E-state index is 0.547. The van der Waals surface area contributed by atoms with Crippen LogP contribution in [0, 0.1) is 5.92 Å². The molecule has 1 aromatic rings. The van der Waals surface area contributed by atoms with Crippen molar-refractivity contribution < 1.29 is 4.79 Å². The van der Waals surface area contributed by atoms with Crippen LogP contribution in [0.15, 0.2) is 29.0 Å². The van der Waals surface area contributed by atoms with Gasteiger partial charge in [-0.05, 0) is 40.8 Å². The van der Waals surface area contributed by atoms with E-state index in [9.17, 15) is 4.79 Å². The van der Waals surface area contributed by atoms with E-state index in [1.165, 1.54) is 12.8 Å². The van der Waals surface area contributed by atoms with E-state index >= 15 is 0 Å². The lowest BCUT2D eigenvalue weighted by Crippen LogP contribution is -2.04. The summed E-state index contributed by atoms with van der Waals surface area (Å²) in [5, 5.41) is 3.09. The van der Waals surface area contributed by atoms with Crippen LogP contribution in [0.4, 0.5) is 5.82 Å². The Balaban J connectivity index is 2.19. The standard InChI is InChI=1S/C11H11BrN2O/c1-7(8-2-3-8)14-11-9(6-15)4-10(12)5-13-11/h4-6,8H,1-3H2,(H,13,14). The van der Waals surface area contributed by atoms with Crippen molar-refractivity contribution >= 4 is 28.0 Å². The van der Waals surface area contributed by atoms with Crippen molar-refractivity contribution in [1.82, 2.24) is 4.98 Å². The number of nitrogens with one attached hydrogen (secondary N) is 1. The lowest BCUT2D eigenvalue weighted by Gasteiger charge is -2.09. The van der Waals surface area contributed by atoms with Gasteiger partial charge in [0.1, 0.15) is 5.82 Å². The van der Waals surface area contributed by atoms with Gasteiger partial charge in [-0.1, -0.05) is 6.58 Å². The first kappa shape index (κ1) is 10.4. The number of anilines is 1. The second-order valence-electron chi connectivity index (χ2n) is 3.63. The Morgan fingerprint density at radius 3 is 3.00 bits per heavy atom. The highest BCUT2D eigenvalue weighted by Crippen LogP contribution is 2.35. The molecule has 1 N–H and O–H groups in total. The van der Waals surface area contributed by atoms with Crippen LogP contribution in [0.1, 0.15) is 23.2 Å². The topological polar surface area (TPSA) is 42.0 Å². The molecule has 0 atom stereocenters. The lowest BCUT2D eigenvalue weighted by molar-refractivity contribution is 0.112. The van der Waals surface area contributed by atoms with Gasteiger partial charge < -0.3 is 5.32 Å². The van der Waals surface area contributed by atoms with Gasteiger partial charge in [0.25, 0.3) is 0 Å². The number of hydrogen-bond acceptors (Lipinski definition) is 3. The molecule has 1 saturated carbocycles. The predicted octanol–water partition coefficient (Wildman–Crippen LogP) is 2.99. The summed E-state index contributed by atoms with van der Waals surface area (Å²) in [5.41, 5.74) is 1.50. The maximum atomic E-state index is 10.8. The van der Waals surface area contributed by atoms with E-state index in [-0.39, 0.29) is 0 Å². The van der Waals surface area contributed by atoms with Crippen LogP contribution in [0.25, 0.3) is 0 Å². The van der Waals surface area contributed by atoms with Crippen LogP contribution in [0.5, 0.6) is 0 Å². The zero-order chi connectivity index (χ0) is 10.8. The fourth-order valence-corrected chi connectivity index (χ4v) is 1.68. The molecule has 2 rings (SSSR count). The number of aromatic nitrogens is 1. The van der Waals surface area contributed by atoms with Crippen molar-refractivity contribution in [3.8, 4) is 0 Å². The first-order valence-corrected chi connectivity index (χ1v) is 5.56. The summed E-state index contributed by atoms with van der Waals surface area (Å²) in [6.07, 6.45) is 4.81. The highest BCUT2D eigenvalue weighted by molar-refractivity contribution is 9.10. The molecule has 1 fully saturated rings. The number of rotatable bonds is 4. The summed E-state index contributed by atoms with van der Waals surface area (Å²) in [6.45, 7) is 3.93. The second-order valence-corrected chi connectivity index (χ2v) is 4.55. The molecule has 4 heteroatoms. The summed E-state index contributed by atoms with van der Waals surface area (Å²) in [4.78, 5) is 15.0. The summed E-state index contributed by atoms with van der Waals surface area (Å²) in [7, 11) is 0. The Bertz CT molecular complexity index is 413. The number of pyridine rings is 1. The number of aldehydes is 1. The van der Waals surface area contributed by atoms with Gasteiger partial charge in [-0.3, -0.25) is 4.79 Å². The molecule has 0 aliphatic heterocycles. The van der Waals surface area contributed by atoms with Crippen LogP contribution >= 0.6 is 15.9 Å². The van der Waals surface area contributed by atoms with Crippen molar-refractivity contribution in [2.75, 3.05) is 5.32 Å². The third kappa shape index (κ3) is 2.45. The fourth-order valence-electron chi connectivity index (χ4n) is 1.34. The zero-order valence-corrected chi connectivity index (χ0v) is 9.75. The van der Waals surface area contributed by atoms with Crippen molar-refractivity contribution in [3.63, 3.8) is 0 Å². The molecule has 1 heterocycles. The lowest BCUT2D eigenvalue weighted by atomic mass is 10.2. The highest BCUT2D eigenvalue weighted by atomic mass is 79.9. The van der Waals surface area contributed by atoms with Crippen molar-refractivity contribution in [2.24, 2.45) is 5.92 Å². The second kappa shape index (κ2) is 4.14. The fraction of sp³-hybridized carbons (Fsp3) is 0.273. The zero-order valence-electron chi connectivity index (χ0n) is 8.16. The molecule has 1 aliphatic rings. The minimum absolute atomic E-state index is 0.547. The van der Waals surface area contributed by atoms with E-state index in [0.717, 1.165) is 16.5 Å². The van der Waals surface area contributed by atoms with E-state index < -0.39 is 0 Å². The SMILES string of the molecule is C=C(Nc1ncc(Br)cc1C=O)C1CC1. The van der Waals surface area contributed by atoms with Gasteiger partial charge in [-0.15, -0.1) is 0 Å². The number of hydrogen-bond donors (Lipinski definition) is 1. The van der Waals surface area contributed by atoms with E-state index in [1.54, 1.807) is 12.3 Å². The van der Waals surface area contributed by atoms with Gasteiger partial charge in [0.05, 0.1) is 5.56 Å². The molecule has 0 bridgehead atoms. The van der Waals surface area contributed by atoms with E-state index in [1.807, 2.05) is 0 Å². The van der Waals surface area contributed by atoms with Crippen LogP contribution in [0.3, 0.4) is 0 Å². The Kier molecular flexibility index (Phi) is 2.86. The third-order valence-corrected chi connectivity index (χ3v) is 2.79. The maximum absolute atomic E-state index is 10.8. The number of halogens is 1. The summed E-state index contributed by atoms with van der Waals surface area (Å²) in [6, 6.07) is 1.74. The Morgan fingerprint density at radius 2 is 2.40 bits per heavy atom. The van der Waals surface area contributed by atoms with Crippen molar-refractivity contribution in [3.05, 3.63) is 34.6 Å². The maximum Gasteiger partial charge on any atom is 0.153 e. The molecule has 1 aliphatic carbocycles. The molecule has 3 nitrogen and oxygen atoms in total. The van der Waals surface area contributed by atoms with E-state index in [2.05, 4.69) is 32.8 Å². The Labute approximate surface area is 96.7 Å². The quantitative estimate of drug-likeness (QED) is 0.853. The van der Waals surface area contributed by atoms with Crippen LogP contribution in [0.2, 0.25) is 0 Å². The molecule has 78 valence electrons. The monoisotopic (exact) mass is 266 g/mol. The van der Waals surface area contributed by atoms with Crippen LogP contribution in [-0.4, -0.2) is 11.3 Å². The number of carbonyl (C=O) groups excluding carboxylic acids is 1. The normalized spacial score (nSPS) is 14.7. The third-order valence-electron chi connectivity index (χ3n) is 2.36. The Hall–Kier alpha value is -1.16. The van der Waals surface area contributed by atoms with Crippen LogP contribution in [-0.2, 0) is 0 Å². The first-order chi connectivity index (χ1) is 7.20. The summed E-state index contributed by atoms with van der Waals surface area (Å²) in [5.74, 6) is 1.14. The minimum Gasteiger partial charge on any atom is -0.344 e. The molecule has 0 radical (unpaired) electrons. The van der Waals surface area contributed by atoms with Gasteiger partial charge in [0, 0.05) is 16.4 Å². The van der Waals surface area contributed by atoms with Gasteiger partial charge in [-0.2, -0.15) is 0 Å². The molecule has 0 saturated heterocycles. The Morgan fingerprint density at radius 1 is 1.67 bits per heavy atom.